The Hall–Kier alpha value is -2.29. The van der Waals surface area contributed by atoms with E-state index < -0.39 is 5.97 Å². The van der Waals surface area contributed by atoms with E-state index in [-0.39, 0.29) is 0 Å². The van der Waals surface area contributed by atoms with E-state index in [4.69, 9.17) is 4.74 Å². The molecule has 0 spiro atoms. The van der Waals surface area contributed by atoms with E-state index in [1.807, 2.05) is 36.4 Å². The predicted molar refractivity (Wildman–Crippen MR) is 64.5 cm³/mol. The highest BCUT2D eigenvalue weighted by molar-refractivity contribution is 5.94. The van der Waals surface area contributed by atoms with Gasteiger partial charge in [-0.15, -0.1) is 0 Å². The van der Waals surface area contributed by atoms with Gasteiger partial charge >= 0.3 is 0 Å². The maximum absolute atomic E-state index is 10.4. The first-order valence-electron chi connectivity index (χ1n) is 5.16. The number of carboxylic acids is 1. The third-order valence-electron chi connectivity index (χ3n) is 2.52. The zero-order valence-corrected chi connectivity index (χ0v) is 9.34. The Kier molecular flexibility index (Phi) is 3.10. The van der Waals surface area contributed by atoms with Gasteiger partial charge in [0.1, 0.15) is 5.75 Å². The molecule has 0 aromatic heterocycles. The van der Waals surface area contributed by atoms with Crippen molar-refractivity contribution >= 4 is 22.8 Å². The standard InChI is InChI=1S/C14H12O3/c1-17-12-7-5-10-3-2-4-11(13(10)9-12)6-8-14(15)16/h2-9H,1H3,(H,15,16)/p-1/b8-6+. The second kappa shape index (κ2) is 4.70. The first-order valence-corrected chi connectivity index (χ1v) is 5.16. The zero-order valence-electron chi connectivity index (χ0n) is 9.34. The van der Waals surface area contributed by atoms with Crippen LogP contribution in [0.5, 0.6) is 5.75 Å². The molecule has 0 bridgehead atoms. The lowest BCUT2D eigenvalue weighted by Crippen LogP contribution is -2.18. The number of benzene rings is 2. The van der Waals surface area contributed by atoms with Crippen LogP contribution < -0.4 is 9.84 Å². The molecule has 17 heavy (non-hydrogen) atoms. The molecule has 2 rings (SSSR count). The highest BCUT2D eigenvalue weighted by atomic mass is 16.5. The van der Waals surface area contributed by atoms with Crippen molar-refractivity contribution < 1.29 is 14.6 Å². The molecule has 0 atom stereocenters. The van der Waals surface area contributed by atoms with E-state index >= 15 is 0 Å². The van der Waals surface area contributed by atoms with Crippen molar-refractivity contribution in [3.05, 3.63) is 48.0 Å². The average molecular weight is 227 g/mol. The molecule has 3 heteroatoms. The quantitative estimate of drug-likeness (QED) is 0.748. The van der Waals surface area contributed by atoms with Crippen LogP contribution in [0.2, 0.25) is 0 Å². The monoisotopic (exact) mass is 227 g/mol. The van der Waals surface area contributed by atoms with E-state index in [1.165, 1.54) is 6.08 Å². The maximum Gasteiger partial charge on any atom is 0.119 e. The van der Waals surface area contributed by atoms with Gasteiger partial charge in [-0.2, -0.15) is 0 Å². The van der Waals surface area contributed by atoms with E-state index in [9.17, 15) is 9.90 Å². The summed E-state index contributed by atoms with van der Waals surface area (Å²) in [6, 6.07) is 11.4. The fraction of sp³-hybridized carbons (Fsp3) is 0.0714. The van der Waals surface area contributed by atoms with Crippen LogP contribution in [-0.2, 0) is 4.79 Å². The van der Waals surface area contributed by atoms with Crippen molar-refractivity contribution in [3.8, 4) is 5.75 Å². The number of hydrogen-bond donors (Lipinski definition) is 0. The van der Waals surface area contributed by atoms with Gasteiger partial charge in [0.2, 0.25) is 0 Å². The number of carboxylic acid groups (broad SMARTS) is 1. The van der Waals surface area contributed by atoms with Crippen LogP contribution in [-0.4, -0.2) is 13.1 Å². The largest absolute Gasteiger partial charge is 0.545 e. The number of rotatable bonds is 3. The number of hydrogen-bond acceptors (Lipinski definition) is 3. The fourth-order valence-electron chi connectivity index (χ4n) is 1.71. The van der Waals surface area contributed by atoms with Gasteiger partial charge in [-0.05, 0) is 34.5 Å². The number of carbonyl (C=O) groups is 1. The van der Waals surface area contributed by atoms with Gasteiger partial charge in [-0.1, -0.05) is 30.3 Å². The van der Waals surface area contributed by atoms with Gasteiger partial charge in [0.05, 0.1) is 13.1 Å². The lowest BCUT2D eigenvalue weighted by molar-refractivity contribution is -0.297. The van der Waals surface area contributed by atoms with Gasteiger partial charge < -0.3 is 14.6 Å². The second-order valence-corrected chi connectivity index (χ2v) is 3.59. The van der Waals surface area contributed by atoms with Crippen LogP contribution in [0.1, 0.15) is 5.56 Å². The molecule has 86 valence electrons. The molecule has 0 saturated carbocycles. The highest BCUT2D eigenvalue weighted by Crippen LogP contribution is 2.24. The van der Waals surface area contributed by atoms with Crippen LogP contribution in [0.4, 0.5) is 0 Å². The molecule has 3 nitrogen and oxygen atoms in total. The lowest BCUT2D eigenvalue weighted by Gasteiger charge is -2.05. The minimum Gasteiger partial charge on any atom is -0.545 e. The molecule has 0 heterocycles. The van der Waals surface area contributed by atoms with Crippen molar-refractivity contribution in [1.82, 2.24) is 0 Å². The maximum atomic E-state index is 10.4. The third kappa shape index (κ3) is 2.45. The van der Waals surface area contributed by atoms with Gasteiger partial charge in [-0.3, -0.25) is 0 Å². The summed E-state index contributed by atoms with van der Waals surface area (Å²) in [7, 11) is 1.60. The Labute approximate surface area is 99.0 Å². The third-order valence-corrected chi connectivity index (χ3v) is 2.52. The summed E-state index contributed by atoms with van der Waals surface area (Å²) in [5.41, 5.74) is 0.825. The molecule has 2 aromatic carbocycles. The number of ether oxygens (including phenoxy) is 1. The van der Waals surface area contributed by atoms with Gasteiger partial charge in [0.25, 0.3) is 0 Å². The Bertz CT molecular complexity index is 585. The number of methoxy groups -OCH3 is 1. The van der Waals surface area contributed by atoms with Crippen LogP contribution in [0.3, 0.4) is 0 Å². The summed E-state index contributed by atoms with van der Waals surface area (Å²) in [6.07, 6.45) is 2.55. The summed E-state index contributed by atoms with van der Waals surface area (Å²) in [5.74, 6) is -0.461. The van der Waals surface area contributed by atoms with Crippen LogP contribution in [0.15, 0.2) is 42.5 Å². The molecule has 0 saturated heterocycles. The molecular weight excluding hydrogens is 216 g/mol. The molecular formula is C14H11O3-. The summed E-state index contributed by atoms with van der Waals surface area (Å²) in [4.78, 5) is 10.4. The number of aliphatic carboxylic acids is 1. The Morgan fingerprint density at radius 2 is 2.12 bits per heavy atom. The average Bonchev–Trinajstić information content (AvgIpc) is 2.35. The van der Waals surface area contributed by atoms with Crippen LogP contribution in [0.25, 0.3) is 16.8 Å². The first-order chi connectivity index (χ1) is 8.20. The Morgan fingerprint density at radius 1 is 1.29 bits per heavy atom. The van der Waals surface area contributed by atoms with Gasteiger partial charge in [0.15, 0.2) is 0 Å². The van der Waals surface area contributed by atoms with Crippen molar-refractivity contribution in [2.45, 2.75) is 0 Å². The molecule has 0 radical (unpaired) electrons. The van der Waals surface area contributed by atoms with Crippen molar-refractivity contribution in [2.75, 3.05) is 7.11 Å². The second-order valence-electron chi connectivity index (χ2n) is 3.59. The smallest absolute Gasteiger partial charge is 0.119 e. The van der Waals surface area contributed by atoms with E-state index in [0.29, 0.717) is 0 Å². The molecule has 0 aliphatic rings. The SMILES string of the molecule is COc1ccc2cccc(/C=C/C(=O)[O-])c2c1. The van der Waals surface area contributed by atoms with Gasteiger partial charge in [0, 0.05) is 0 Å². The molecule has 0 aliphatic heterocycles. The summed E-state index contributed by atoms with van der Waals surface area (Å²) < 4.78 is 5.15. The Balaban J connectivity index is 2.58. The normalized spacial score (nSPS) is 10.9. The van der Waals surface area contributed by atoms with Crippen LogP contribution >= 0.6 is 0 Å². The summed E-state index contributed by atoms with van der Waals surface area (Å²) in [6.45, 7) is 0. The van der Waals surface area contributed by atoms with E-state index in [2.05, 4.69) is 0 Å². The lowest BCUT2D eigenvalue weighted by atomic mass is 10.0. The topological polar surface area (TPSA) is 49.4 Å². The highest BCUT2D eigenvalue weighted by Gasteiger charge is 1.99. The molecule has 0 unspecified atom stereocenters. The first kappa shape index (κ1) is 11.2. The molecule has 0 amide bonds. The predicted octanol–water partition coefficient (Wildman–Crippen LogP) is 1.61. The molecule has 0 fully saturated rings. The Morgan fingerprint density at radius 3 is 2.82 bits per heavy atom. The number of fused-ring (bicyclic) bond motifs is 1. The summed E-state index contributed by atoms with van der Waals surface area (Å²) in [5, 5.41) is 12.4. The van der Waals surface area contributed by atoms with Crippen molar-refractivity contribution in [3.63, 3.8) is 0 Å². The minimum absolute atomic E-state index is 0.742. The molecule has 2 aromatic rings. The summed E-state index contributed by atoms with van der Waals surface area (Å²) >= 11 is 0. The van der Waals surface area contributed by atoms with E-state index in [1.54, 1.807) is 7.11 Å². The van der Waals surface area contributed by atoms with Gasteiger partial charge in [-0.25, -0.2) is 0 Å². The number of carbonyl (C=O) groups excluding carboxylic acids is 1. The van der Waals surface area contributed by atoms with Crippen molar-refractivity contribution in [2.24, 2.45) is 0 Å². The van der Waals surface area contributed by atoms with E-state index in [0.717, 1.165) is 28.2 Å². The molecule has 0 N–H and O–H groups in total. The zero-order chi connectivity index (χ0) is 12.3. The fourth-order valence-corrected chi connectivity index (χ4v) is 1.71. The molecule has 0 aliphatic carbocycles. The van der Waals surface area contributed by atoms with Crippen LogP contribution in [0, 0.1) is 0 Å². The minimum atomic E-state index is -1.20. The van der Waals surface area contributed by atoms with Crippen molar-refractivity contribution in [1.29, 1.82) is 0 Å².